The van der Waals surface area contributed by atoms with Crippen LogP contribution in [0.15, 0.2) is 30.5 Å². The first-order valence-electron chi connectivity index (χ1n) is 9.42. The molecule has 146 valence electrons. The number of hydrogen-bond acceptors (Lipinski definition) is 7. The molecule has 2 amide bonds. The Hall–Kier alpha value is -3.20. The number of nitrogens with two attached hydrogens (primary N) is 1. The molecule has 0 spiro atoms. The summed E-state index contributed by atoms with van der Waals surface area (Å²) in [6, 6.07) is 7.08. The Morgan fingerprint density at radius 3 is 3.04 bits per heavy atom. The van der Waals surface area contributed by atoms with Crippen molar-refractivity contribution in [3.8, 4) is 0 Å². The van der Waals surface area contributed by atoms with Gasteiger partial charge in [-0.15, -0.1) is 0 Å². The van der Waals surface area contributed by atoms with Crippen molar-refractivity contribution in [2.24, 2.45) is 5.84 Å². The number of carbonyl (C=O) groups excluding carboxylic acids is 2. The average molecular weight is 381 g/mol. The van der Waals surface area contributed by atoms with E-state index in [0.717, 1.165) is 19.4 Å². The van der Waals surface area contributed by atoms with Crippen molar-refractivity contribution in [3.05, 3.63) is 41.6 Å². The van der Waals surface area contributed by atoms with Gasteiger partial charge in [0.15, 0.2) is 0 Å². The predicted molar refractivity (Wildman–Crippen MR) is 106 cm³/mol. The highest BCUT2D eigenvalue weighted by Crippen LogP contribution is 2.34. The minimum absolute atomic E-state index is 0.168. The van der Waals surface area contributed by atoms with Crippen molar-refractivity contribution in [2.45, 2.75) is 25.8 Å². The predicted octanol–water partition coefficient (Wildman–Crippen LogP) is 1.14. The zero-order chi connectivity index (χ0) is 19.7. The van der Waals surface area contributed by atoms with Crippen molar-refractivity contribution in [1.29, 1.82) is 0 Å². The van der Waals surface area contributed by atoms with Crippen molar-refractivity contribution in [2.75, 3.05) is 34.8 Å². The third-order valence-electron chi connectivity index (χ3n) is 5.17. The maximum atomic E-state index is 13.4. The normalized spacial score (nSPS) is 18.4. The molecule has 0 aliphatic carbocycles. The van der Waals surface area contributed by atoms with Crippen molar-refractivity contribution in [1.82, 2.24) is 15.4 Å². The van der Waals surface area contributed by atoms with E-state index in [9.17, 15) is 9.59 Å². The van der Waals surface area contributed by atoms with Crippen LogP contribution in [-0.2, 0) is 0 Å². The summed E-state index contributed by atoms with van der Waals surface area (Å²) in [6.07, 6.45) is 3.61. The lowest BCUT2D eigenvalue weighted by atomic mass is 10.1. The number of nitrogens with one attached hydrogen (secondary N) is 2. The van der Waals surface area contributed by atoms with Gasteiger partial charge in [0.1, 0.15) is 11.4 Å². The lowest BCUT2D eigenvalue weighted by Gasteiger charge is -2.27. The number of benzene rings is 1. The van der Waals surface area contributed by atoms with Crippen LogP contribution in [-0.4, -0.2) is 47.5 Å². The number of nitrogens with zero attached hydrogens (tertiary/aromatic N) is 4. The molecule has 1 aromatic heterocycles. The smallest absolute Gasteiger partial charge is 0.265 e. The molecule has 1 fully saturated rings. The standard InChI is InChI=1S/C19H23N7O2/c1-2-21-19-22-10-15-16(23-19)25-8-4-7-14(25)11-26(18(15)28)13-6-3-5-12(9-13)17(27)24-20/h3,5-6,9-10,14H,2,4,7-8,11,20H2,1H3,(H,24,27)(H,21,22,23). The Balaban J connectivity index is 1.77. The van der Waals surface area contributed by atoms with Gasteiger partial charge in [-0.3, -0.25) is 15.0 Å². The van der Waals surface area contributed by atoms with E-state index in [1.807, 2.05) is 13.0 Å². The van der Waals surface area contributed by atoms with Crippen LogP contribution in [0.4, 0.5) is 17.5 Å². The van der Waals surface area contributed by atoms with E-state index in [4.69, 9.17) is 5.84 Å². The first kappa shape index (κ1) is 18.2. The summed E-state index contributed by atoms with van der Waals surface area (Å²) in [5.41, 5.74) is 3.66. The van der Waals surface area contributed by atoms with Gasteiger partial charge >= 0.3 is 0 Å². The zero-order valence-corrected chi connectivity index (χ0v) is 15.7. The van der Waals surface area contributed by atoms with Crippen molar-refractivity contribution in [3.63, 3.8) is 0 Å². The Labute approximate surface area is 162 Å². The lowest BCUT2D eigenvalue weighted by Crippen LogP contribution is -2.40. The molecule has 2 aliphatic heterocycles. The number of rotatable bonds is 4. The van der Waals surface area contributed by atoms with Gasteiger partial charge in [-0.2, -0.15) is 4.98 Å². The topological polar surface area (TPSA) is 116 Å². The number of amides is 2. The number of carbonyl (C=O) groups is 2. The molecule has 0 bridgehead atoms. The summed E-state index contributed by atoms with van der Waals surface area (Å²) < 4.78 is 0. The number of aromatic nitrogens is 2. The second kappa shape index (κ2) is 7.43. The van der Waals surface area contributed by atoms with Crippen LogP contribution in [0.5, 0.6) is 0 Å². The SMILES string of the molecule is CCNc1ncc2c(n1)N1CCCC1CN(c1cccc(C(=O)NN)c1)C2=O. The molecular formula is C19H23N7O2. The molecule has 2 aliphatic rings. The monoisotopic (exact) mass is 381 g/mol. The number of hydrazine groups is 1. The molecule has 9 nitrogen and oxygen atoms in total. The Kier molecular flexibility index (Phi) is 4.82. The fourth-order valence-electron chi connectivity index (χ4n) is 3.85. The molecule has 1 aromatic carbocycles. The van der Waals surface area contributed by atoms with Gasteiger partial charge in [0.05, 0.1) is 0 Å². The maximum absolute atomic E-state index is 13.4. The molecule has 4 N–H and O–H groups in total. The fourth-order valence-corrected chi connectivity index (χ4v) is 3.85. The van der Waals surface area contributed by atoms with Gasteiger partial charge in [-0.1, -0.05) is 6.07 Å². The molecule has 3 heterocycles. The average Bonchev–Trinajstić information content (AvgIpc) is 3.15. The molecule has 4 rings (SSSR count). The van der Waals surface area contributed by atoms with Crippen LogP contribution in [0.25, 0.3) is 0 Å². The summed E-state index contributed by atoms with van der Waals surface area (Å²) in [5.74, 6) is 5.88. The quantitative estimate of drug-likeness (QED) is 0.413. The van der Waals surface area contributed by atoms with Gasteiger partial charge in [-0.05, 0) is 38.0 Å². The van der Waals surface area contributed by atoms with E-state index in [-0.39, 0.29) is 11.9 Å². The van der Waals surface area contributed by atoms with E-state index < -0.39 is 5.91 Å². The lowest BCUT2D eigenvalue weighted by molar-refractivity contribution is 0.0950. The highest BCUT2D eigenvalue weighted by atomic mass is 16.2. The molecule has 1 unspecified atom stereocenters. The van der Waals surface area contributed by atoms with Gasteiger partial charge in [-0.25, -0.2) is 10.8 Å². The third-order valence-corrected chi connectivity index (χ3v) is 5.17. The van der Waals surface area contributed by atoms with Crippen molar-refractivity contribution >= 4 is 29.3 Å². The second-order valence-electron chi connectivity index (χ2n) is 6.89. The van der Waals surface area contributed by atoms with Crippen LogP contribution in [0.1, 0.15) is 40.5 Å². The fraction of sp³-hybridized carbons (Fsp3) is 0.368. The summed E-state index contributed by atoms with van der Waals surface area (Å²) >= 11 is 0. The van der Waals surface area contributed by atoms with Gasteiger partial charge < -0.3 is 15.1 Å². The van der Waals surface area contributed by atoms with E-state index in [2.05, 4.69) is 25.6 Å². The van der Waals surface area contributed by atoms with Crippen LogP contribution in [0.2, 0.25) is 0 Å². The Morgan fingerprint density at radius 1 is 1.39 bits per heavy atom. The molecule has 28 heavy (non-hydrogen) atoms. The molecule has 1 atom stereocenters. The maximum Gasteiger partial charge on any atom is 0.265 e. The van der Waals surface area contributed by atoms with Gasteiger partial charge in [0, 0.05) is 43.1 Å². The minimum Gasteiger partial charge on any atom is -0.354 e. The summed E-state index contributed by atoms with van der Waals surface area (Å²) in [5, 5.41) is 3.11. The summed E-state index contributed by atoms with van der Waals surface area (Å²) in [4.78, 5) is 38.1. The van der Waals surface area contributed by atoms with Crippen LogP contribution in [0, 0.1) is 0 Å². The van der Waals surface area contributed by atoms with Gasteiger partial charge in [0.2, 0.25) is 5.95 Å². The van der Waals surface area contributed by atoms with Crippen LogP contribution in [0.3, 0.4) is 0 Å². The number of fused-ring (bicyclic) bond motifs is 3. The van der Waals surface area contributed by atoms with Crippen LogP contribution >= 0.6 is 0 Å². The first-order chi connectivity index (χ1) is 13.6. The highest BCUT2D eigenvalue weighted by molar-refractivity contribution is 6.10. The minimum atomic E-state index is -0.398. The Morgan fingerprint density at radius 2 is 2.25 bits per heavy atom. The van der Waals surface area contributed by atoms with E-state index >= 15 is 0 Å². The van der Waals surface area contributed by atoms with E-state index in [1.165, 1.54) is 0 Å². The number of hydrogen-bond donors (Lipinski definition) is 3. The van der Waals surface area contributed by atoms with E-state index in [0.29, 0.717) is 41.7 Å². The molecule has 2 aromatic rings. The van der Waals surface area contributed by atoms with Crippen molar-refractivity contribution < 1.29 is 9.59 Å². The first-order valence-corrected chi connectivity index (χ1v) is 9.42. The third kappa shape index (κ3) is 3.13. The second-order valence-corrected chi connectivity index (χ2v) is 6.89. The Bertz CT molecular complexity index is 917. The summed E-state index contributed by atoms with van der Waals surface area (Å²) in [6.45, 7) is 4.07. The van der Waals surface area contributed by atoms with Crippen LogP contribution < -0.4 is 26.4 Å². The number of anilines is 3. The highest BCUT2D eigenvalue weighted by Gasteiger charge is 2.37. The summed E-state index contributed by atoms with van der Waals surface area (Å²) in [7, 11) is 0. The largest absolute Gasteiger partial charge is 0.354 e. The molecule has 0 radical (unpaired) electrons. The molecule has 0 saturated carbocycles. The molecular weight excluding hydrogens is 358 g/mol. The zero-order valence-electron chi connectivity index (χ0n) is 15.7. The number of nitrogen functional groups attached to an aromatic ring is 1. The van der Waals surface area contributed by atoms with Gasteiger partial charge in [0.25, 0.3) is 11.8 Å². The van der Waals surface area contributed by atoms with E-state index in [1.54, 1.807) is 29.3 Å². The molecule has 1 saturated heterocycles. The molecule has 9 heteroatoms.